The van der Waals surface area contributed by atoms with E-state index in [9.17, 15) is 18.0 Å². The van der Waals surface area contributed by atoms with Gasteiger partial charge in [-0.3, -0.25) is 9.59 Å². The van der Waals surface area contributed by atoms with Gasteiger partial charge in [0.05, 0.1) is 7.11 Å². The quantitative estimate of drug-likeness (QED) is 0.147. The number of hydrogen-bond acceptors (Lipinski definition) is 8. The fraction of sp³-hybridized carbons (Fsp3) is 0.459. The Balaban J connectivity index is 1.74. The molecule has 0 atom stereocenters. The van der Waals surface area contributed by atoms with Crippen LogP contribution in [0, 0.1) is 10.8 Å². The fourth-order valence-corrected chi connectivity index (χ4v) is 8.16. The van der Waals surface area contributed by atoms with Crippen LogP contribution in [0.3, 0.4) is 0 Å². The summed E-state index contributed by atoms with van der Waals surface area (Å²) in [4.78, 5) is 30.6. The summed E-state index contributed by atoms with van der Waals surface area (Å²) in [5, 5.41) is 0. The number of carbonyl (C=O) groups excluding carboxylic acids is 2. The smallest absolute Gasteiger partial charge is 0.339 e. The number of Topliss-reactive ketones (excluding diaryl/α,β-unsaturated/α-hetero) is 2. The van der Waals surface area contributed by atoms with Crippen LogP contribution in [0.25, 0.3) is 0 Å². The topological polar surface area (TPSA) is 99.2 Å². The molecule has 1 heterocycles. The zero-order valence-electron chi connectivity index (χ0n) is 27.8. The number of hydrogen-bond donors (Lipinski definition) is 0. The Morgan fingerprint density at radius 2 is 1.50 bits per heavy atom. The molecule has 8 nitrogen and oxygen atoms in total. The fourth-order valence-electron chi connectivity index (χ4n) is 7.17. The lowest BCUT2D eigenvalue weighted by Gasteiger charge is -2.49. The molecule has 0 bridgehead atoms. The van der Waals surface area contributed by atoms with Gasteiger partial charge in [0.15, 0.2) is 23.1 Å². The van der Waals surface area contributed by atoms with Crippen LogP contribution >= 0.6 is 0 Å². The zero-order chi connectivity index (χ0) is 33.4. The lowest BCUT2D eigenvalue weighted by molar-refractivity contribution is -0.119. The van der Waals surface area contributed by atoms with Crippen molar-refractivity contribution in [3.05, 3.63) is 88.8 Å². The minimum atomic E-state index is -4.18. The van der Waals surface area contributed by atoms with E-state index in [1.807, 2.05) is 6.07 Å². The van der Waals surface area contributed by atoms with E-state index in [1.54, 1.807) is 37.5 Å². The Morgan fingerprint density at radius 3 is 2.02 bits per heavy atom. The van der Waals surface area contributed by atoms with Gasteiger partial charge >= 0.3 is 10.1 Å². The molecule has 0 amide bonds. The maximum atomic E-state index is 14.2. The number of rotatable bonds is 11. The minimum absolute atomic E-state index is 0.0157. The van der Waals surface area contributed by atoms with Crippen LogP contribution in [0.2, 0.25) is 0 Å². The third-order valence-electron chi connectivity index (χ3n) is 9.05. The molecule has 9 heteroatoms. The predicted octanol–water partition coefficient (Wildman–Crippen LogP) is 6.91. The van der Waals surface area contributed by atoms with Crippen LogP contribution in [-0.4, -0.2) is 52.3 Å². The highest BCUT2D eigenvalue weighted by molar-refractivity contribution is 7.87. The average Bonchev–Trinajstić information content (AvgIpc) is 2.97. The van der Waals surface area contributed by atoms with Crippen LogP contribution < -0.4 is 8.92 Å². The van der Waals surface area contributed by atoms with Gasteiger partial charge in [-0.2, -0.15) is 8.42 Å². The van der Waals surface area contributed by atoms with E-state index < -0.39 is 16.0 Å². The van der Waals surface area contributed by atoms with Crippen molar-refractivity contribution in [2.75, 3.05) is 27.4 Å². The molecule has 0 fully saturated rings. The van der Waals surface area contributed by atoms with Crippen molar-refractivity contribution in [3.8, 4) is 11.5 Å². The van der Waals surface area contributed by atoms with Crippen LogP contribution in [0.15, 0.2) is 82.6 Å². The Labute approximate surface area is 273 Å². The van der Waals surface area contributed by atoms with Crippen molar-refractivity contribution >= 4 is 21.7 Å². The first kappa shape index (κ1) is 33.7. The molecule has 0 saturated carbocycles. The Bertz CT molecular complexity index is 1660. The lowest BCUT2D eigenvalue weighted by atomic mass is 9.63. The van der Waals surface area contributed by atoms with Crippen LogP contribution in [0.4, 0.5) is 0 Å². The highest BCUT2D eigenvalue weighted by Crippen LogP contribution is 2.55. The largest absolute Gasteiger partial charge is 0.493 e. The number of methoxy groups -OCH3 is 2. The molecule has 1 aliphatic heterocycles. The van der Waals surface area contributed by atoms with Crippen LogP contribution in [-0.2, 0) is 30.9 Å². The predicted molar refractivity (Wildman–Crippen MR) is 177 cm³/mol. The van der Waals surface area contributed by atoms with Gasteiger partial charge in [-0.05, 0) is 60.3 Å². The first-order chi connectivity index (χ1) is 21.7. The molecular weight excluding hydrogens is 602 g/mol. The number of benzene rings is 2. The molecule has 46 heavy (non-hydrogen) atoms. The second kappa shape index (κ2) is 12.8. The molecule has 0 radical (unpaired) electrons. The van der Waals surface area contributed by atoms with E-state index in [0.29, 0.717) is 61.1 Å². The van der Waals surface area contributed by atoms with E-state index in [4.69, 9.17) is 13.7 Å². The molecule has 0 spiro atoms. The van der Waals surface area contributed by atoms with Crippen molar-refractivity contribution in [1.29, 1.82) is 0 Å². The molecule has 2 aromatic rings. The number of ether oxygens (including phenoxy) is 2. The van der Waals surface area contributed by atoms with Crippen molar-refractivity contribution in [2.24, 2.45) is 10.8 Å². The summed E-state index contributed by atoms with van der Waals surface area (Å²) in [5.41, 5.74) is 3.92. The molecule has 0 N–H and O–H groups in total. The van der Waals surface area contributed by atoms with Gasteiger partial charge in [-0.1, -0.05) is 58.0 Å². The summed E-state index contributed by atoms with van der Waals surface area (Å²) in [5.74, 6) is -0.314. The Morgan fingerprint density at radius 1 is 0.913 bits per heavy atom. The molecule has 0 aromatic heterocycles. The van der Waals surface area contributed by atoms with E-state index in [1.165, 1.54) is 19.2 Å². The third-order valence-corrected chi connectivity index (χ3v) is 10.3. The van der Waals surface area contributed by atoms with Crippen molar-refractivity contribution in [3.63, 3.8) is 0 Å². The summed E-state index contributed by atoms with van der Waals surface area (Å²) < 4.78 is 43.5. The van der Waals surface area contributed by atoms with Gasteiger partial charge in [0.25, 0.3) is 0 Å². The molecule has 2 aliphatic carbocycles. The van der Waals surface area contributed by atoms with Gasteiger partial charge in [0.1, 0.15) is 4.90 Å². The molecule has 5 rings (SSSR count). The number of ketones is 2. The second-order valence-corrected chi connectivity index (χ2v) is 15.6. The average molecular weight is 648 g/mol. The van der Waals surface area contributed by atoms with E-state index in [0.717, 1.165) is 17.8 Å². The highest BCUT2D eigenvalue weighted by atomic mass is 32.2. The molecule has 2 aromatic carbocycles. The summed E-state index contributed by atoms with van der Waals surface area (Å²) in [6.45, 7) is 13.5. The highest BCUT2D eigenvalue weighted by Gasteiger charge is 2.49. The van der Waals surface area contributed by atoms with Crippen molar-refractivity contribution in [2.45, 2.75) is 77.0 Å². The summed E-state index contributed by atoms with van der Waals surface area (Å²) in [6, 6.07) is 11.5. The molecule has 0 unspecified atom stereocenters. The van der Waals surface area contributed by atoms with E-state index in [-0.39, 0.29) is 45.2 Å². The van der Waals surface area contributed by atoms with Crippen LogP contribution in [0.5, 0.6) is 11.5 Å². The van der Waals surface area contributed by atoms with Gasteiger partial charge in [0, 0.05) is 67.1 Å². The Hall–Kier alpha value is -3.69. The maximum Gasteiger partial charge on any atom is 0.339 e. The normalized spacial score (nSPS) is 19.6. The standard InChI is InChI=1S/C37H45NO7S/c1-8-13-24-18-25(19-31(44-7)35(24)45-46(41,42)26-14-10-9-11-15-26)32-33-27(20-36(2,3)22-29(33)39)38(16-12-17-43-6)28-21-37(4,5)23-30(40)34(28)32/h8-11,14-15,18-19,32H,1,12-13,16-17,20-23H2,2-7H3. The molecule has 3 aliphatic rings. The van der Waals surface area contributed by atoms with Gasteiger partial charge in [-0.25, -0.2) is 0 Å². The number of allylic oxidation sites excluding steroid dienone is 5. The summed E-state index contributed by atoms with van der Waals surface area (Å²) >= 11 is 0. The van der Waals surface area contributed by atoms with Gasteiger partial charge in [-0.15, -0.1) is 6.58 Å². The first-order valence-corrected chi connectivity index (χ1v) is 17.2. The Kier molecular flexibility index (Phi) is 9.40. The number of carbonyl (C=O) groups is 2. The van der Waals surface area contributed by atoms with Gasteiger partial charge in [0.2, 0.25) is 0 Å². The molecular formula is C37H45NO7S. The minimum Gasteiger partial charge on any atom is -0.493 e. The van der Waals surface area contributed by atoms with Gasteiger partial charge < -0.3 is 18.6 Å². The first-order valence-electron chi connectivity index (χ1n) is 15.8. The number of nitrogens with zero attached hydrogens (tertiary/aromatic N) is 1. The second-order valence-electron chi connectivity index (χ2n) is 14.1. The zero-order valence-corrected chi connectivity index (χ0v) is 28.6. The van der Waals surface area contributed by atoms with Crippen LogP contribution in [0.1, 0.15) is 76.8 Å². The van der Waals surface area contributed by atoms with Crippen molar-refractivity contribution in [1.82, 2.24) is 4.90 Å². The van der Waals surface area contributed by atoms with E-state index >= 15 is 0 Å². The SMILES string of the molecule is C=CCc1cc(C2C3=C(CC(C)(C)CC3=O)N(CCCOC)C3=C2C(=O)CC(C)(C)C3)cc(OC)c1OS(=O)(=O)c1ccccc1. The lowest BCUT2D eigenvalue weighted by Crippen LogP contribution is -2.44. The van der Waals surface area contributed by atoms with E-state index in [2.05, 4.69) is 39.2 Å². The maximum absolute atomic E-state index is 14.2. The molecule has 246 valence electrons. The van der Waals surface area contributed by atoms with Crippen molar-refractivity contribution < 1.29 is 31.7 Å². The third kappa shape index (κ3) is 6.58. The summed E-state index contributed by atoms with van der Waals surface area (Å²) in [7, 11) is -1.05. The summed E-state index contributed by atoms with van der Waals surface area (Å²) in [6.07, 6.45) is 4.80. The molecule has 0 saturated heterocycles. The monoisotopic (exact) mass is 647 g/mol.